The lowest BCUT2D eigenvalue weighted by Gasteiger charge is -2.36. The van der Waals surface area contributed by atoms with E-state index in [0.717, 1.165) is 0 Å². The molecule has 27 heavy (non-hydrogen) atoms. The molecule has 1 aliphatic heterocycles. The van der Waals surface area contributed by atoms with E-state index in [1.54, 1.807) is 47.4 Å². The van der Waals surface area contributed by atoms with Crippen LogP contribution in [0.2, 0.25) is 0 Å². The van der Waals surface area contributed by atoms with Gasteiger partial charge in [0.1, 0.15) is 17.2 Å². The van der Waals surface area contributed by atoms with Gasteiger partial charge in [0.05, 0.1) is 5.69 Å². The first kappa shape index (κ1) is 18.6. The van der Waals surface area contributed by atoms with E-state index in [4.69, 9.17) is 0 Å². The summed E-state index contributed by atoms with van der Waals surface area (Å²) in [6.45, 7) is 5.86. The first-order chi connectivity index (χ1) is 13.1. The number of hydrogen-bond donors (Lipinski definition) is 1. The molecular weight excluding hydrogens is 347 g/mol. The minimum absolute atomic E-state index is 0.188. The zero-order valence-electron chi connectivity index (χ0n) is 14.9. The highest BCUT2D eigenvalue weighted by Gasteiger charge is 2.24. The van der Waals surface area contributed by atoms with Crippen LogP contribution in [0, 0.1) is 5.82 Å². The van der Waals surface area contributed by atoms with Crippen molar-refractivity contribution in [3.63, 3.8) is 0 Å². The third-order valence-electron chi connectivity index (χ3n) is 4.37. The van der Waals surface area contributed by atoms with E-state index in [9.17, 15) is 14.0 Å². The van der Waals surface area contributed by atoms with Crippen LogP contribution in [0.3, 0.4) is 0 Å². The van der Waals surface area contributed by atoms with Gasteiger partial charge in [0.2, 0.25) is 0 Å². The molecule has 2 aromatic rings. The van der Waals surface area contributed by atoms with Gasteiger partial charge in [-0.25, -0.2) is 9.37 Å². The van der Waals surface area contributed by atoms with E-state index in [1.165, 1.54) is 6.07 Å². The third kappa shape index (κ3) is 4.31. The van der Waals surface area contributed by atoms with Crippen LogP contribution < -0.4 is 10.2 Å². The molecule has 140 valence electrons. The Morgan fingerprint density at radius 3 is 2.48 bits per heavy atom. The maximum absolute atomic E-state index is 13.9. The van der Waals surface area contributed by atoms with Gasteiger partial charge < -0.3 is 15.1 Å². The van der Waals surface area contributed by atoms with Gasteiger partial charge in [0, 0.05) is 32.7 Å². The number of pyridine rings is 1. The van der Waals surface area contributed by atoms with Gasteiger partial charge >= 0.3 is 0 Å². The summed E-state index contributed by atoms with van der Waals surface area (Å²) >= 11 is 0. The topological polar surface area (TPSA) is 65.5 Å². The number of nitrogens with one attached hydrogen (secondary N) is 1. The van der Waals surface area contributed by atoms with E-state index in [2.05, 4.69) is 16.9 Å². The molecule has 6 nitrogen and oxygen atoms in total. The number of rotatable bonds is 5. The Labute approximate surface area is 157 Å². The largest absolute Gasteiger partial charge is 0.366 e. The Morgan fingerprint density at radius 2 is 1.78 bits per heavy atom. The van der Waals surface area contributed by atoms with Crippen LogP contribution >= 0.6 is 0 Å². The third-order valence-corrected chi connectivity index (χ3v) is 4.37. The molecule has 7 heteroatoms. The van der Waals surface area contributed by atoms with Crippen LogP contribution in [-0.4, -0.2) is 54.4 Å². The molecule has 0 unspecified atom stereocenters. The van der Waals surface area contributed by atoms with Crippen molar-refractivity contribution >= 4 is 17.5 Å². The molecule has 0 atom stereocenters. The summed E-state index contributed by atoms with van der Waals surface area (Å²) in [5, 5.41) is 2.64. The number of carbonyl (C=O) groups is 2. The SMILES string of the molecule is C=CCNC(=O)c1cccc(C(=O)N2CCN(c3ccccc3F)CC2)n1. The van der Waals surface area contributed by atoms with E-state index < -0.39 is 0 Å². The number of halogens is 1. The highest BCUT2D eigenvalue weighted by atomic mass is 19.1. The number of benzene rings is 1. The summed E-state index contributed by atoms with van der Waals surface area (Å²) in [6.07, 6.45) is 1.57. The molecule has 0 aliphatic carbocycles. The van der Waals surface area contributed by atoms with E-state index in [-0.39, 0.29) is 29.0 Å². The Bertz CT molecular complexity index is 847. The molecule has 1 N–H and O–H groups in total. The van der Waals surface area contributed by atoms with Gasteiger partial charge in [-0.15, -0.1) is 6.58 Å². The lowest BCUT2D eigenvalue weighted by atomic mass is 10.2. The number of para-hydroxylation sites is 1. The van der Waals surface area contributed by atoms with Crippen molar-refractivity contribution in [3.05, 3.63) is 72.3 Å². The number of amides is 2. The minimum atomic E-state index is -0.353. The van der Waals surface area contributed by atoms with E-state index in [1.807, 2.05) is 4.90 Å². The average Bonchev–Trinajstić information content (AvgIpc) is 2.72. The number of aromatic nitrogens is 1. The van der Waals surface area contributed by atoms with Crippen LogP contribution in [-0.2, 0) is 0 Å². The number of carbonyl (C=O) groups excluding carboxylic acids is 2. The molecule has 1 saturated heterocycles. The monoisotopic (exact) mass is 368 g/mol. The molecule has 2 heterocycles. The van der Waals surface area contributed by atoms with Crippen molar-refractivity contribution < 1.29 is 14.0 Å². The molecular formula is C20H21FN4O2. The molecule has 0 bridgehead atoms. The fraction of sp³-hybridized carbons (Fsp3) is 0.250. The Hall–Kier alpha value is -3.22. The summed E-state index contributed by atoms with van der Waals surface area (Å²) in [5.41, 5.74) is 0.955. The van der Waals surface area contributed by atoms with Gasteiger partial charge in [-0.05, 0) is 24.3 Å². The second-order valence-electron chi connectivity index (χ2n) is 6.14. The second kappa shape index (κ2) is 8.44. The Balaban J connectivity index is 1.65. The van der Waals surface area contributed by atoms with Gasteiger partial charge in [-0.3, -0.25) is 9.59 Å². The van der Waals surface area contributed by atoms with E-state index >= 15 is 0 Å². The van der Waals surface area contributed by atoms with Crippen LogP contribution in [0.1, 0.15) is 21.0 Å². The van der Waals surface area contributed by atoms with Crippen molar-refractivity contribution in [2.75, 3.05) is 37.6 Å². The summed E-state index contributed by atoms with van der Waals surface area (Å²) in [6, 6.07) is 11.4. The fourth-order valence-corrected chi connectivity index (χ4v) is 2.96. The maximum Gasteiger partial charge on any atom is 0.272 e. The van der Waals surface area contributed by atoms with Crippen molar-refractivity contribution in [2.45, 2.75) is 0 Å². The average molecular weight is 368 g/mol. The number of piperazine rings is 1. The smallest absolute Gasteiger partial charge is 0.272 e. The first-order valence-electron chi connectivity index (χ1n) is 8.75. The van der Waals surface area contributed by atoms with E-state index in [0.29, 0.717) is 38.4 Å². The molecule has 0 saturated carbocycles. The van der Waals surface area contributed by atoms with Gasteiger partial charge in [0.25, 0.3) is 11.8 Å². The minimum Gasteiger partial charge on any atom is -0.366 e. The molecule has 1 aromatic heterocycles. The summed E-state index contributed by atoms with van der Waals surface area (Å²) in [4.78, 5) is 32.5. The molecule has 1 aliphatic rings. The fourth-order valence-electron chi connectivity index (χ4n) is 2.96. The molecule has 1 aromatic carbocycles. The quantitative estimate of drug-likeness (QED) is 0.821. The zero-order chi connectivity index (χ0) is 19.2. The molecule has 0 radical (unpaired) electrons. The second-order valence-corrected chi connectivity index (χ2v) is 6.14. The van der Waals surface area contributed by atoms with Crippen molar-refractivity contribution in [1.29, 1.82) is 0 Å². The van der Waals surface area contributed by atoms with Gasteiger partial charge in [-0.1, -0.05) is 24.3 Å². The van der Waals surface area contributed by atoms with Crippen molar-refractivity contribution in [3.8, 4) is 0 Å². The first-order valence-corrected chi connectivity index (χ1v) is 8.75. The normalized spacial score (nSPS) is 14.0. The summed E-state index contributed by atoms with van der Waals surface area (Å²) < 4.78 is 13.9. The van der Waals surface area contributed by atoms with Gasteiger partial charge in [-0.2, -0.15) is 0 Å². The molecule has 1 fully saturated rings. The van der Waals surface area contributed by atoms with Crippen LogP contribution in [0.15, 0.2) is 55.1 Å². The zero-order valence-corrected chi connectivity index (χ0v) is 14.9. The lowest BCUT2D eigenvalue weighted by molar-refractivity contribution is 0.0740. The van der Waals surface area contributed by atoms with Crippen LogP contribution in [0.25, 0.3) is 0 Å². The predicted octanol–water partition coefficient (Wildman–Crippen LogP) is 2.10. The molecule has 0 spiro atoms. The number of hydrogen-bond acceptors (Lipinski definition) is 4. The predicted molar refractivity (Wildman–Crippen MR) is 101 cm³/mol. The molecule has 2 amide bonds. The number of anilines is 1. The lowest BCUT2D eigenvalue weighted by Crippen LogP contribution is -2.49. The maximum atomic E-state index is 13.9. The Kier molecular flexibility index (Phi) is 5.80. The van der Waals surface area contributed by atoms with Crippen LogP contribution in [0.5, 0.6) is 0 Å². The van der Waals surface area contributed by atoms with Gasteiger partial charge in [0.15, 0.2) is 0 Å². The Morgan fingerprint density at radius 1 is 1.07 bits per heavy atom. The highest BCUT2D eigenvalue weighted by molar-refractivity contribution is 5.96. The molecule has 3 rings (SSSR count). The standard InChI is InChI=1S/C20H21FN4O2/c1-2-10-22-19(26)16-7-5-8-17(23-16)20(27)25-13-11-24(12-14-25)18-9-4-3-6-15(18)21/h2-9H,1,10-14H2,(H,22,26). The van der Waals surface area contributed by atoms with Crippen molar-refractivity contribution in [2.24, 2.45) is 0 Å². The summed E-state index contributed by atoms with van der Waals surface area (Å²) in [7, 11) is 0. The van der Waals surface area contributed by atoms with Crippen molar-refractivity contribution in [1.82, 2.24) is 15.2 Å². The van der Waals surface area contributed by atoms with Crippen LogP contribution in [0.4, 0.5) is 10.1 Å². The summed E-state index contributed by atoms with van der Waals surface area (Å²) in [5.74, 6) is -0.854. The highest BCUT2D eigenvalue weighted by Crippen LogP contribution is 2.20. The number of nitrogens with zero attached hydrogens (tertiary/aromatic N) is 3.